The number of carbonyl (C=O) groups excluding carboxylic acids is 1. The van der Waals surface area contributed by atoms with Crippen LogP contribution in [-0.4, -0.2) is 42.2 Å². The lowest BCUT2D eigenvalue weighted by molar-refractivity contribution is -0.143. The summed E-state index contributed by atoms with van der Waals surface area (Å²) in [7, 11) is 0. The molecular weight excluding hydrogens is 454 g/mol. The maximum atomic E-state index is 12.9. The van der Waals surface area contributed by atoms with E-state index in [0.29, 0.717) is 23.8 Å². The van der Waals surface area contributed by atoms with E-state index in [-0.39, 0.29) is 19.2 Å². The zero-order valence-corrected chi connectivity index (χ0v) is 17.6. The van der Waals surface area contributed by atoms with E-state index in [9.17, 15) is 31.1 Å². The van der Waals surface area contributed by atoms with Crippen LogP contribution in [0.15, 0.2) is 24.3 Å². The third kappa shape index (κ3) is 6.86. The average Bonchev–Trinajstić information content (AvgIpc) is 3.24. The predicted octanol–water partition coefficient (Wildman–Crippen LogP) is 4.66. The number of urea groups is 1. The number of halogens is 6. The molecule has 180 valence electrons. The Labute approximate surface area is 185 Å². The SMILES string of the molecule is Cc1nc(NCCNC(=O)Nc2cc(C(F)(F)F)cc(C(F)(F)F)c2)cc(N2CCCC2)n1. The molecule has 0 saturated carbocycles. The van der Waals surface area contributed by atoms with Gasteiger partial charge < -0.3 is 20.9 Å². The molecule has 33 heavy (non-hydrogen) atoms. The molecule has 1 aromatic carbocycles. The minimum Gasteiger partial charge on any atom is -0.368 e. The van der Waals surface area contributed by atoms with Crippen LogP contribution in [0.3, 0.4) is 0 Å². The first-order valence-electron chi connectivity index (χ1n) is 10.1. The molecule has 3 N–H and O–H groups in total. The summed E-state index contributed by atoms with van der Waals surface area (Å²) in [5, 5.41) is 7.39. The molecule has 0 unspecified atom stereocenters. The van der Waals surface area contributed by atoms with Gasteiger partial charge in [-0.3, -0.25) is 0 Å². The molecular formula is C20H22F6N6O. The first kappa shape index (κ1) is 24.4. The van der Waals surface area contributed by atoms with Crippen molar-refractivity contribution in [1.82, 2.24) is 15.3 Å². The van der Waals surface area contributed by atoms with E-state index in [1.165, 1.54) is 0 Å². The van der Waals surface area contributed by atoms with Crippen molar-refractivity contribution in [3.8, 4) is 0 Å². The molecule has 0 radical (unpaired) electrons. The number of nitrogens with zero attached hydrogens (tertiary/aromatic N) is 3. The molecule has 2 heterocycles. The standard InChI is InChI=1S/C20H22F6N6O/c1-12-29-16(11-17(30-12)32-6-2-3-7-32)27-4-5-28-18(33)31-15-9-13(19(21,22)23)8-14(10-15)20(24,25)26/h8-11H,2-7H2,1H3,(H,27,29,30)(H2,28,31,33). The van der Waals surface area contributed by atoms with Gasteiger partial charge >= 0.3 is 18.4 Å². The van der Waals surface area contributed by atoms with Gasteiger partial charge in [0.05, 0.1) is 11.1 Å². The van der Waals surface area contributed by atoms with Gasteiger partial charge in [0, 0.05) is 37.9 Å². The van der Waals surface area contributed by atoms with Crippen LogP contribution in [-0.2, 0) is 12.4 Å². The van der Waals surface area contributed by atoms with E-state index in [1.807, 2.05) is 5.32 Å². The lowest BCUT2D eigenvalue weighted by Gasteiger charge is -2.18. The number of anilines is 3. The summed E-state index contributed by atoms with van der Waals surface area (Å²) in [6, 6.07) is 1.71. The Balaban J connectivity index is 1.56. The van der Waals surface area contributed by atoms with Crippen molar-refractivity contribution in [3.05, 3.63) is 41.2 Å². The number of aryl methyl sites for hydroxylation is 1. The van der Waals surface area contributed by atoms with Crippen LogP contribution in [0.4, 0.5) is 48.5 Å². The normalized spacial score (nSPS) is 14.3. The summed E-state index contributed by atoms with van der Waals surface area (Å²) in [6.07, 6.45) is -7.83. The number of alkyl halides is 6. The van der Waals surface area contributed by atoms with E-state index in [0.717, 1.165) is 31.7 Å². The van der Waals surface area contributed by atoms with Gasteiger partial charge in [0.1, 0.15) is 17.5 Å². The van der Waals surface area contributed by atoms with Gasteiger partial charge in [0.15, 0.2) is 0 Å². The molecule has 1 aromatic heterocycles. The van der Waals surface area contributed by atoms with Crippen molar-refractivity contribution in [2.45, 2.75) is 32.1 Å². The molecule has 1 aliphatic rings. The molecule has 1 fully saturated rings. The van der Waals surface area contributed by atoms with Crippen LogP contribution < -0.4 is 20.9 Å². The predicted molar refractivity (Wildman–Crippen MR) is 110 cm³/mol. The molecule has 1 aliphatic heterocycles. The molecule has 1 saturated heterocycles. The minimum absolute atomic E-state index is 0.00683. The highest BCUT2D eigenvalue weighted by atomic mass is 19.4. The lowest BCUT2D eigenvalue weighted by atomic mass is 10.1. The average molecular weight is 476 g/mol. The van der Waals surface area contributed by atoms with E-state index in [1.54, 1.807) is 13.0 Å². The molecule has 2 amide bonds. The van der Waals surface area contributed by atoms with Crippen molar-refractivity contribution in [2.24, 2.45) is 0 Å². The van der Waals surface area contributed by atoms with Gasteiger partial charge in [-0.15, -0.1) is 0 Å². The van der Waals surface area contributed by atoms with E-state index in [2.05, 4.69) is 25.5 Å². The summed E-state index contributed by atoms with van der Waals surface area (Å²) in [4.78, 5) is 22.8. The van der Waals surface area contributed by atoms with Crippen LogP contribution >= 0.6 is 0 Å². The first-order chi connectivity index (χ1) is 15.4. The Morgan fingerprint density at radius 3 is 2.12 bits per heavy atom. The molecule has 3 rings (SSSR count). The summed E-state index contributed by atoms with van der Waals surface area (Å²) in [6.45, 7) is 3.83. The molecule has 7 nitrogen and oxygen atoms in total. The zero-order chi connectivity index (χ0) is 24.2. The molecule has 0 atom stereocenters. The smallest absolute Gasteiger partial charge is 0.368 e. The number of hydrogen-bond donors (Lipinski definition) is 3. The number of aromatic nitrogens is 2. The third-order valence-corrected chi connectivity index (χ3v) is 4.82. The van der Waals surface area contributed by atoms with Gasteiger partial charge in [-0.25, -0.2) is 14.8 Å². The maximum Gasteiger partial charge on any atom is 0.416 e. The topological polar surface area (TPSA) is 82.2 Å². The lowest BCUT2D eigenvalue weighted by Crippen LogP contribution is -2.33. The Morgan fingerprint density at radius 2 is 1.55 bits per heavy atom. The molecule has 2 aromatic rings. The minimum atomic E-state index is -5.00. The number of nitrogens with one attached hydrogen (secondary N) is 3. The number of amides is 2. The van der Waals surface area contributed by atoms with Crippen LogP contribution in [0.5, 0.6) is 0 Å². The second-order valence-electron chi connectivity index (χ2n) is 7.45. The van der Waals surface area contributed by atoms with Crippen LogP contribution in [0.2, 0.25) is 0 Å². The molecule has 13 heteroatoms. The summed E-state index contributed by atoms with van der Waals surface area (Å²) in [5.41, 5.74) is -3.64. The summed E-state index contributed by atoms with van der Waals surface area (Å²) in [5.74, 6) is 1.90. The van der Waals surface area contributed by atoms with Crippen molar-refractivity contribution in [3.63, 3.8) is 0 Å². The Kier molecular flexibility index (Phi) is 7.18. The van der Waals surface area contributed by atoms with E-state index in [4.69, 9.17) is 0 Å². The fourth-order valence-electron chi connectivity index (χ4n) is 3.32. The molecule has 0 spiro atoms. The third-order valence-electron chi connectivity index (χ3n) is 4.82. The monoisotopic (exact) mass is 476 g/mol. The quantitative estimate of drug-likeness (QED) is 0.418. The first-order valence-corrected chi connectivity index (χ1v) is 10.1. The van der Waals surface area contributed by atoms with Gasteiger partial charge in [0.25, 0.3) is 0 Å². The Hall–Kier alpha value is -3.25. The van der Waals surface area contributed by atoms with Crippen molar-refractivity contribution in [1.29, 1.82) is 0 Å². The number of rotatable bonds is 6. The fourth-order valence-corrected chi connectivity index (χ4v) is 3.32. The zero-order valence-electron chi connectivity index (χ0n) is 17.6. The summed E-state index contributed by atoms with van der Waals surface area (Å²) >= 11 is 0. The Bertz CT molecular complexity index is 956. The maximum absolute atomic E-state index is 12.9. The van der Waals surface area contributed by atoms with Crippen LogP contribution in [0, 0.1) is 6.92 Å². The highest BCUT2D eigenvalue weighted by molar-refractivity contribution is 5.89. The van der Waals surface area contributed by atoms with Gasteiger partial charge in [-0.05, 0) is 38.0 Å². The molecule has 0 aliphatic carbocycles. The van der Waals surface area contributed by atoms with Gasteiger partial charge in [-0.1, -0.05) is 0 Å². The largest absolute Gasteiger partial charge is 0.416 e. The number of benzene rings is 1. The Morgan fingerprint density at radius 1 is 0.939 bits per heavy atom. The second-order valence-corrected chi connectivity index (χ2v) is 7.45. The van der Waals surface area contributed by atoms with E-state index >= 15 is 0 Å². The molecule has 0 bridgehead atoms. The van der Waals surface area contributed by atoms with Crippen LogP contribution in [0.1, 0.15) is 29.8 Å². The van der Waals surface area contributed by atoms with Crippen molar-refractivity contribution in [2.75, 3.05) is 41.7 Å². The highest BCUT2D eigenvalue weighted by Gasteiger charge is 2.37. The van der Waals surface area contributed by atoms with Gasteiger partial charge in [0.2, 0.25) is 0 Å². The van der Waals surface area contributed by atoms with E-state index < -0.39 is 35.2 Å². The fraction of sp³-hybridized carbons (Fsp3) is 0.450. The van der Waals surface area contributed by atoms with Gasteiger partial charge in [-0.2, -0.15) is 26.3 Å². The van der Waals surface area contributed by atoms with Crippen molar-refractivity contribution < 1.29 is 31.1 Å². The van der Waals surface area contributed by atoms with Crippen LogP contribution in [0.25, 0.3) is 0 Å². The second kappa shape index (κ2) is 9.71. The number of carbonyl (C=O) groups is 1. The summed E-state index contributed by atoms with van der Waals surface area (Å²) < 4.78 is 77.5. The van der Waals surface area contributed by atoms with Crippen molar-refractivity contribution >= 4 is 23.4 Å². The number of hydrogen-bond acceptors (Lipinski definition) is 5. The highest BCUT2D eigenvalue weighted by Crippen LogP contribution is 2.37.